The molecular weight excluding hydrogens is 212 g/mol. The standard InChI is InChI=1S/C14H22N2O/c1-11-10-13(5-6-14(11)15)17-9-7-12-4-3-8-16(12)2/h5-6,10,12H,3-4,7-9,15H2,1-2H3. The van der Waals surface area contributed by atoms with E-state index in [1.54, 1.807) is 0 Å². The van der Waals surface area contributed by atoms with E-state index in [-0.39, 0.29) is 0 Å². The molecule has 0 radical (unpaired) electrons. The number of likely N-dealkylation sites (tertiary alicyclic amines) is 1. The van der Waals surface area contributed by atoms with Crippen molar-refractivity contribution in [3.63, 3.8) is 0 Å². The molecule has 0 saturated carbocycles. The number of hydrogen-bond acceptors (Lipinski definition) is 3. The van der Waals surface area contributed by atoms with Crippen LogP contribution in [0.5, 0.6) is 5.75 Å². The highest BCUT2D eigenvalue weighted by molar-refractivity contribution is 5.49. The molecule has 1 aliphatic rings. The third-order valence-corrected chi connectivity index (χ3v) is 3.63. The highest BCUT2D eigenvalue weighted by Crippen LogP contribution is 2.21. The summed E-state index contributed by atoms with van der Waals surface area (Å²) in [6, 6.07) is 6.56. The molecule has 0 amide bonds. The number of nitrogen functional groups attached to an aromatic ring is 1. The fraction of sp³-hybridized carbons (Fsp3) is 0.571. The van der Waals surface area contributed by atoms with Crippen LogP contribution in [0.3, 0.4) is 0 Å². The summed E-state index contributed by atoms with van der Waals surface area (Å²) >= 11 is 0. The Kier molecular flexibility index (Phi) is 3.89. The van der Waals surface area contributed by atoms with Crippen LogP contribution in [0, 0.1) is 6.92 Å². The van der Waals surface area contributed by atoms with E-state index < -0.39 is 0 Å². The Bertz CT molecular complexity index is 378. The van der Waals surface area contributed by atoms with E-state index >= 15 is 0 Å². The van der Waals surface area contributed by atoms with Gasteiger partial charge >= 0.3 is 0 Å². The average molecular weight is 234 g/mol. The highest BCUT2D eigenvalue weighted by atomic mass is 16.5. The van der Waals surface area contributed by atoms with Gasteiger partial charge in [-0.15, -0.1) is 0 Å². The van der Waals surface area contributed by atoms with Crippen molar-refractivity contribution in [1.29, 1.82) is 0 Å². The topological polar surface area (TPSA) is 38.5 Å². The van der Waals surface area contributed by atoms with Crippen LogP contribution in [0.2, 0.25) is 0 Å². The molecule has 1 heterocycles. The molecule has 1 fully saturated rings. The second-order valence-corrected chi connectivity index (χ2v) is 4.93. The van der Waals surface area contributed by atoms with E-state index in [4.69, 9.17) is 10.5 Å². The predicted molar refractivity (Wildman–Crippen MR) is 71.4 cm³/mol. The van der Waals surface area contributed by atoms with E-state index in [2.05, 4.69) is 11.9 Å². The summed E-state index contributed by atoms with van der Waals surface area (Å²) in [5.74, 6) is 0.928. The third-order valence-electron chi connectivity index (χ3n) is 3.63. The molecule has 1 aliphatic heterocycles. The summed E-state index contributed by atoms with van der Waals surface area (Å²) in [4.78, 5) is 2.43. The van der Waals surface area contributed by atoms with Gasteiger partial charge in [-0.05, 0) is 63.5 Å². The van der Waals surface area contributed by atoms with Crippen molar-refractivity contribution in [2.45, 2.75) is 32.2 Å². The zero-order valence-electron chi connectivity index (χ0n) is 10.8. The van der Waals surface area contributed by atoms with Gasteiger partial charge in [0.25, 0.3) is 0 Å². The minimum Gasteiger partial charge on any atom is -0.494 e. The Balaban J connectivity index is 1.79. The molecule has 3 heteroatoms. The van der Waals surface area contributed by atoms with Crippen molar-refractivity contribution in [2.24, 2.45) is 0 Å². The number of rotatable bonds is 4. The maximum atomic E-state index is 5.77. The Morgan fingerprint density at radius 2 is 2.29 bits per heavy atom. The molecule has 1 aromatic rings. The first kappa shape index (κ1) is 12.2. The first-order valence-electron chi connectivity index (χ1n) is 6.36. The quantitative estimate of drug-likeness (QED) is 0.813. The lowest BCUT2D eigenvalue weighted by Crippen LogP contribution is -2.26. The SMILES string of the molecule is Cc1cc(OCCC2CCCN2C)ccc1N. The number of anilines is 1. The van der Waals surface area contributed by atoms with Crippen LogP contribution in [0.4, 0.5) is 5.69 Å². The molecule has 1 saturated heterocycles. The van der Waals surface area contributed by atoms with Crippen LogP contribution in [-0.4, -0.2) is 31.1 Å². The molecule has 2 N–H and O–H groups in total. The summed E-state index contributed by atoms with van der Waals surface area (Å²) in [6.07, 6.45) is 3.74. The summed E-state index contributed by atoms with van der Waals surface area (Å²) in [7, 11) is 2.20. The van der Waals surface area contributed by atoms with Crippen LogP contribution < -0.4 is 10.5 Å². The summed E-state index contributed by atoms with van der Waals surface area (Å²) in [5.41, 5.74) is 7.68. The zero-order chi connectivity index (χ0) is 12.3. The fourth-order valence-electron chi connectivity index (χ4n) is 2.39. The van der Waals surface area contributed by atoms with Crippen LogP contribution >= 0.6 is 0 Å². The smallest absolute Gasteiger partial charge is 0.119 e. The van der Waals surface area contributed by atoms with Crippen molar-refractivity contribution in [1.82, 2.24) is 4.90 Å². The van der Waals surface area contributed by atoms with E-state index in [1.807, 2.05) is 25.1 Å². The largest absolute Gasteiger partial charge is 0.494 e. The maximum absolute atomic E-state index is 5.77. The Morgan fingerprint density at radius 1 is 1.47 bits per heavy atom. The molecule has 1 atom stereocenters. The molecule has 0 aliphatic carbocycles. The lowest BCUT2D eigenvalue weighted by atomic mass is 10.1. The number of ether oxygens (including phenoxy) is 1. The maximum Gasteiger partial charge on any atom is 0.119 e. The van der Waals surface area contributed by atoms with Gasteiger partial charge in [0.1, 0.15) is 5.75 Å². The first-order valence-corrected chi connectivity index (χ1v) is 6.36. The van der Waals surface area contributed by atoms with Crippen molar-refractivity contribution in [2.75, 3.05) is 25.9 Å². The van der Waals surface area contributed by atoms with Gasteiger partial charge in [0.2, 0.25) is 0 Å². The van der Waals surface area contributed by atoms with Crippen LogP contribution in [-0.2, 0) is 0 Å². The van der Waals surface area contributed by atoms with Crippen LogP contribution in [0.15, 0.2) is 18.2 Å². The second kappa shape index (κ2) is 5.41. The Hall–Kier alpha value is -1.22. The summed E-state index contributed by atoms with van der Waals surface area (Å²) in [5, 5.41) is 0. The van der Waals surface area contributed by atoms with Crippen molar-refractivity contribution >= 4 is 5.69 Å². The number of benzene rings is 1. The van der Waals surface area contributed by atoms with Crippen molar-refractivity contribution < 1.29 is 4.74 Å². The number of hydrogen-bond donors (Lipinski definition) is 1. The van der Waals surface area contributed by atoms with Crippen molar-refractivity contribution in [3.05, 3.63) is 23.8 Å². The van der Waals surface area contributed by atoms with Crippen LogP contribution in [0.25, 0.3) is 0 Å². The third kappa shape index (κ3) is 3.13. The number of aryl methyl sites for hydroxylation is 1. The molecule has 2 rings (SSSR count). The minimum atomic E-state index is 0.699. The predicted octanol–water partition coefficient (Wildman–Crippen LogP) is 2.44. The molecule has 1 unspecified atom stereocenters. The van der Waals surface area contributed by atoms with Gasteiger partial charge in [-0.2, -0.15) is 0 Å². The molecular formula is C14H22N2O. The molecule has 94 valence electrons. The van der Waals surface area contributed by atoms with Crippen molar-refractivity contribution in [3.8, 4) is 5.75 Å². The van der Waals surface area contributed by atoms with Gasteiger partial charge in [0, 0.05) is 11.7 Å². The molecule has 1 aromatic carbocycles. The highest BCUT2D eigenvalue weighted by Gasteiger charge is 2.20. The normalized spacial score (nSPS) is 20.7. The molecule has 0 bridgehead atoms. The van der Waals surface area contributed by atoms with Gasteiger partial charge in [-0.3, -0.25) is 0 Å². The van der Waals surface area contributed by atoms with E-state index in [1.165, 1.54) is 19.4 Å². The van der Waals surface area contributed by atoms with Gasteiger partial charge in [-0.1, -0.05) is 0 Å². The lowest BCUT2D eigenvalue weighted by molar-refractivity contribution is 0.233. The Labute approximate surface area is 104 Å². The fourth-order valence-corrected chi connectivity index (χ4v) is 2.39. The zero-order valence-corrected chi connectivity index (χ0v) is 10.8. The van der Waals surface area contributed by atoms with Gasteiger partial charge in [0.15, 0.2) is 0 Å². The summed E-state index contributed by atoms with van der Waals surface area (Å²) in [6.45, 7) is 4.02. The molecule has 17 heavy (non-hydrogen) atoms. The minimum absolute atomic E-state index is 0.699. The van der Waals surface area contributed by atoms with E-state index in [9.17, 15) is 0 Å². The second-order valence-electron chi connectivity index (χ2n) is 4.93. The number of nitrogens with zero attached hydrogens (tertiary/aromatic N) is 1. The van der Waals surface area contributed by atoms with E-state index in [0.29, 0.717) is 6.04 Å². The summed E-state index contributed by atoms with van der Waals surface area (Å²) < 4.78 is 5.77. The van der Waals surface area contributed by atoms with Crippen LogP contribution in [0.1, 0.15) is 24.8 Å². The van der Waals surface area contributed by atoms with E-state index in [0.717, 1.165) is 30.0 Å². The number of nitrogens with two attached hydrogens (primary N) is 1. The van der Waals surface area contributed by atoms with Gasteiger partial charge in [0.05, 0.1) is 6.61 Å². The Morgan fingerprint density at radius 3 is 2.94 bits per heavy atom. The average Bonchev–Trinajstić information content (AvgIpc) is 2.70. The van der Waals surface area contributed by atoms with Gasteiger partial charge < -0.3 is 15.4 Å². The monoisotopic (exact) mass is 234 g/mol. The molecule has 3 nitrogen and oxygen atoms in total. The first-order chi connectivity index (χ1) is 8.16. The van der Waals surface area contributed by atoms with Gasteiger partial charge in [-0.25, -0.2) is 0 Å². The molecule has 0 aromatic heterocycles. The molecule has 0 spiro atoms. The lowest BCUT2D eigenvalue weighted by Gasteiger charge is -2.19.